The average molecular weight is 459 g/mol. The Kier molecular flexibility index (Phi) is 4.53. The highest BCUT2D eigenvalue weighted by molar-refractivity contribution is 6.32. The van der Waals surface area contributed by atoms with Crippen molar-refractivity contribution < 1.29 is 38.6 Å². The number of phenols is 1. The van der Waals surface area contributed by atoms with Crippen LogP contribution in [-0.4, -0.2) is 68.9 Å². The summed E-state index contributed by atoms with van der Waals surface area (Å²) in [7, 11) is 0. The van der Waals surface area contributed by atoms with Gasteiger partial charge in [-0.05, 0) is 25.2 Å². The third-order valence-corrected chi connectivity index (χ3v) is 7.76. The van der Waals surface area contributed by atoms with Crippen LogP contribution in [0.4, 0.5) is 10.1 Å². The van der Waals surface area contributed by atoms with Gasteiger partial charge in [0.1, 0.15) is 11.6 Å². The van der Waals surface area contributed by atoms with E-state index in [1.165, 1.54) is 0 Å². The van der Waals surface area contributed by atoms with Crippen LogP contribution in [0.1, 0.15) is 28.8 Å². The van der Waals surface area contributed by atoms with Gasteiger partial charge in [-0.25, -0.2) is 4.39 Å². The number of nitrogen functional groups attached to an aromatic ring is 1. The summed E-state index contributed by atoms with van der Waals surface area (Å²) in [4.78, 5) is 66.8. The second kappa shape index (κ2) is 6.91. The first-order valence-corrected chi connectivity index (χ1v) is 10.7. The fourth-order valence-electron chi connectivity index (χ4n) is 6.08. The van der Waals surface area contributed by atoms with Gasteiger partial charge in [-0.2, -0.15) is 0 Å². The van der Waals surface area contributed by atoms with Gasteiger partial charge in [0.25, 0.3) is 0 Å². The van der Waals surface area contributed by atoms with Gasteiger partial charge in [0.15, 0.2) is 34.7 Å². The summed E-state index contributed by atoms with van der Waals surface area (Å²) in [5.41, 5.74) is 7.16. The number of primary amides is 1. The van der Waals surface area contributed by atoms with Crippen LogP contribution in [0.3, 0.4) is 0 Å². The summed E-state index contributed by atoms with van der Waals surface area (Å²) in [6.07, 6.45) is 0.521. The Hall–Kier alpha value is -3.18. The van der Waals surface area contributed by atoms with Crippen molar-refractivity contribution in [2.75, 3.05) is 18.8 Å². The lowest BCUT2D eigenvalue weighted by atomic mass is 9.52. The number of aromatic hydroxyl groups is 1. The highest BCUT2D eigenvalue weighted by Gasteiger charge is 2.70. The number of ketones is 4. The molecule has 0 spiro atoms. The molecule has 5 rings (SSSR count). The van der Waals surface area contributed by atoms with Gasteiger partial charge in [-0.1, -0.05) is 0 Å². The molecule has 6 atom stereocenters. The molecule has 174 valence electrons. The topological polar surface area (TPSA) is 181 Å². The van der Waals surface area contributed by atoms with Crippen LogP contribution in [0.2, 0.25) is 0 Å². The van der Waals surface area contributed by atoms with E-state index in [4.69, 9.17) is 11.5 Å². The predicted octanol–water partition coefficient (Wildman–Crippen LogP) is -1.27. The minimum atomic E-state index is -2.78. The zero-order valence-corrected chi connectivity index (χ0v) is 17.4. The number of nitrogens with zero attached hydrogens (tertiary/aromatic N) is 1. The van der Waals surface area contributed by atoms with Gasteiger partial charge in [0.05, 0.1) is 23.2 Å². The quantitative estimate of drug-likeness (QED) is 0.238. The highest BCUT2D eigenvalue weighted by Crippen LogP contribution is 2.51. The first kappa shape index (κ1) is 21.7. The number of carbonyl (C=O) groups is 5. The minimum Gasteiger partial charge on any atom is -0.505 e. The van der Waals surface area contributed by atoms with E-state index in [1.807, 2.05) is 0 Å². The van der Waals surface area contributed by atoms with E-state index in [2.05, 4.69) is 0 Å². The van der Waals surface area contributed by atoms with Crippen LogP contribution in [0.5, 0.6) is 5.75 Å². The van der Waals surface area contributed by atoms with Crippen molar-refractivity contribution in [3.8, 4) is 5.75 Å². The smallest absolute Gasteiger partial charge is 0.235 e. The number of Topliss-reactive ketones (excluding diaryl/α,β-unsaturated/α-hetero) is 4. The van der Waals surface area contributed by atoms with Gasteiger partial charge in [0, 0.05) is 30.6 Å². The number of halogens is 1. The number of phenolic OH excluding ortho intramolecular Hbond substituents is 1. The Morgan fingerprint density at radius 3 is 2.42 bits per heavy atom. The summed E-state index contributed by atoms with van der Waals surface area (Å²) in [6, 6.07) is -0.221. The molecule has 11 heteroatoms. The van der Waals surface area contributed by atoms with Crippen molar-refractivity contribution in [1.82, 2.24) is 4.90 Å². The number of carbonyl (C=O) groups excluding carboxylic acids is 5. The fourth-order valence-corrected chi connectivity index (χ4v) is 6.08. The number of anilines is 1. The Morgan fingerprint density at radius 1 is 1.18 bits per heavy atom. The minimum absolute atomic E-state index is 0.102. The van der Waals surface area contributed by atoms with E-state index in [0.29, 0.717) is 13.1 Å². The highest BCUT2D eigenvalue weighted by atomic mass is 19.1. The van der Waals surface area contributed by atoms with Crippen LogP contribution >= 0.6 is 0 Å². The monoisotopic (exact) mass is 459 g/mol. The van der Waals surface area contributed by atoms with Crippen molar-refractivity contribution in [2.24, 2.45) is 29.4 Å². The summed E-state index contributed by atoms with van der Waals surface area (Å²) < 4.78 is 14.6. The molecule has 6 N–H and O–H groups in total. The van der Waals surface area contributed by atoms with E-state index >= 15 is 0 Å². The Labute approximate surface area is 186 Å². The lowest BCUT2D eigenvalue weighted by Crippen LogP contribution is -2.75. The Bertz CT molecular complexity index is 1160. The van der Waals surface area contributed by atoms with E-state index in [-0.39, 0.29) is 24.1 Å². The molecule has 4 aliphatic rings. The molecule has 1 amide bonds. The zero-order valence-electron chi connectivity index (χ0n) is 17.4. The summed E-state index contributed by atoms with van der Waals surface area (Å²) in [6.45, 7) is 0.934. The van der Waals surface area contributed by atoms with Crippen LogP contribution in [-0.2, 0) is 25.6 Å². The standard InChI is InChI=1S/C22H22FN3O7/c23-10-6-11(24)16(27)13-8(10)4-7-5-9-15(26-2-1-3-26)18(29)14(21(25)32)20(31)22(9,33)19(30)12(7)17(13)28/h6-7,9,12,14-15,27,33H,1-5,24H2,(H2,25,32). The number of rotatable bonds is 2. The molecule has 1 aromatic carbocycles. The molecule has 1 heterocycles. The maximum absolute atomic E-state index is 14.6. The fraction of sp³-hybridized carbons (Fsp3) is 0.500. The van der Waals surface area contributed by atoms with E-state index in [9.17, 15) is 38.6 Å². The van der Waals surface area contributed by atoms with Gasteiger partial charge >= 0.3 is 0 Å². The SMILES string of the molecule is NC(=O)C1C(=O)C(N2CCC2)C2CC3Cc4c(F)cc(N)c(O)c4C(=O)C3C(=O)C2(O)C1=O. The van der Waals surface area contributed by atoms with Crippen molar-refractivity contribution in [3.63, 3.8) is 0 Å². The number of likely N-dealkylation sites (tertiary alicyclic amines) is 1. The third kappa shape index (κ3) is 2.63. The summed E-state index contributed by atoms with van der Waals surface area (Å²) in [5.74, 6) is -12.6. The van der Waals surface area contributed by atoms with Crippen LogP contribution in [0.15, 0.2) is 6.07 Å². The molecule has 1 aromatic rings. The van der Waals surface area contributed by atoms with Crippen LogP contribution < -0.4 is 11.5 Å². The molecule has 1 saturated heterocycles. The van der Waals surface area contributed by atoms with Crippen molar-refractivity contribution in [2.45, 2.75) is 30.9 Å². The first-order chi connectivity index (χ1) is 15.5. The maximum Gasteiger partial charge on any atom is 0.235 e. The van der Waals surface area contributed by atoms with Crippen molar-refractivity contribution in [1.29, 1.82) is 0 Å². The van der Waals surface area contributed by atoms with Crippen molar-refractivity contribution in [3.05, 3.63) is 23.0 Å². The number of amides is 1. The second-order valence-electron chi connectivity index (χ2n) is 9.37. The number of benzene rings is 1. The molecule has 33 heavy (non-hydrogen) atoms. The lowest BCUT2D eigenvalue weighted by molar-refractivity contribution is -0.184. The lowest BCUT2D eigenvalue weighted by Gasteiger charge is -2.54. The Balaban J connectivity index is 1.66. The van der Waals surface area contributed by atoms with Gasteiger partial charge < -0.3 is 21.7 Å². The molecule has 0 bridgehead atoms. The molecule has 0 radical (unpaired) electrons. The molecule has 3 aliphatic carbocycles. The molecule has 0 aromatic heterocycles. The van der Waals surface area contributed by atoms with Crippen LogP contribution in [0, 0.1) is 29.5 Å². The number of fused-ring (bicyclic) bond motifs is 3. The molecule has 2 saturated carbocycles. The molecular weight excluding hydrogens is 437 g/mol. The third-order valence-electron chi connectivity index (χ3n) is 7.76. The zero-order chi connectivity index (χ0) is 24.0. The van der Waals surface area contributed by atoms with Gasteiger partial charge in [-0.15, -0.1) is 0 Å². The molecule has 3 fully saturated rings. The number of aliphatic hydroxyl groups is 1. The first-order valence-electron chi connectivity index (χ1n) is 10.7. The molecular formula is C22H22FN3O7. The number of hydrogen-bond donors (Lipinski definition) is 4. The Morgan fingerprint density at radius 2 is 1.85 bits per heavy atom. The van der Waals surface area contributed by atoms with Crippen molar-refractivity contribution >= 4 is 34.7 Å². The average Bonchev–Trinajstić information content (AvgIpc) is 2.70. The predicted molar refractivity (Wildman–Crippen MR) is 108 cm³/mol. The molecule has 10 nitrogen and oxygen atoms in total. The largest absolute Gasteiger partial charge is 0.505 e. The number of nitrogens with two attached hydrogens (primary N) is 2. The van der Waals surface area contributed by atoms with Gasteiger partial charge in [0.2, 0.25) is 5.91 Å². The summed E-state index contributed by atoms with van der Waals surface area (Å²) in [5, 5.41) is 21.8. The summed E-state index contributed by atoms with van der Waals surface area (Å²) >= 11 is 0. The van der Waals surface area contributed by atoms with E-state index < -0.39 is 81.5 Å². The second-order valence-corrected chi connectivity index (χ2v) is 9.37. The van der Waals surface area contributed by atoms with E-state index in [0.717, 1.165) is 12.5 Å². The van der Waals surface area contributed by atoms with Crippen LogP contribution in [0.25, 0.3) is 0 Å². The molecule has 1 aliphatic heterocycles. The number of hydrogen-bond acceptors (Lipinski definition) is 9. The maximum atomic E-state index is 14.6. The van der Waals surface area contributed by atoms with E-state index in [1.54, 1.807) is 4.90 Å². The molecule has 6 unspecified atom stereocenters. The normalized spacial score (nSPS) is 36.0. The van der Waals surface area contributed by atoms with Gasteiger partial charge in [-0.3, -0.25) is 28.9 Å².